The summed E-state index contributed by atoms with van der Waals surface area (Å²) in [6, 6.07) is 11.0. The van der Waals surface area contributed by atoms with Crippen molar-refractivity contribution in [1.29, 1.82) is 0 Å². The maximum Gasteiger partial charge on any atom is 0.232 e. The number of aldehydes is 1. The molecule has 5 rings (SSSR count). The van der Waals surface area contributed by atoms with Crippen LogP contribution in [0.5, 0.6) is 0 Å². The molecule has 3 aromatic rings. The Kier molecular flexibility index (Phi) is 3.14. The first kappa shape index (κ1) is 14.3. The van der Waals surface area contributed by atoms with Crippen LogP contribution < -0.4 is 5.48 Å². The lowest BCUT2D eigenvalue weighted by atomic mass is 10.1. The van der Waals surface area contributed by atoms with Gasteiger partial charge in [-0.15, -0.1) is 0 Å². The number of benzene rings is 1. The normalized spacial score (nSPS) is 19.7. The molecule has 7 nitrogen and oxygen atoms in total. The van der Waals surface area contributed by atoms with Gasteiger partial charge < -0.3 is 4.57 Å². The Bertz CT molecular complexity index is 1010. The first-order chi connectivity index (χ1) is 12.3. The fourth-order valence-electron chi connectivity index (χ4n) is 3.11. The lowest BCUT2D eigenvalue weighted by Crippen LogP contribution is -2.20. The average Bonchev–Trinajstić information content (AvgIpc) is 3.23. The zero-order valence-corrected chi connectivity index (χ0v) is 13.3. The van der Waals surface area contributed by atoms with E-state index < -0.39 is 6.23 Å². The van der Waals surface area contributed by atoms with Gasteiger partial charge >= 0.3 is 0 Å². The molecule has 1 N–H and O–H groups in total. The molecule has 1 atom stereocenters. The van der Waals surface area contributed by atoms with Gasteiger partial charge in [-0.05, 0) is 37.1 Å². The molecule has 124 valence electrons. The summed E-state index contributed by atoms with van der Waals surface area (Å²) in [7, 11) is 0. The van der Waals surface area contributed by atoms with Gasteiger partial charge in [-0.3, -0.25) is 4.79 Å². The largest absolute Gasteiger partial charge is 0.344 e. The van der Waals surface area contributed by atoms with Crippen LogP contribution in [0.3, 0.4) is 0 Å². The van der Waals surface area contributed by atoms with Crippen molar-refractivity contribution in [2.45, 2.75) is 25.1 Å². The number of fused-ring (bicyclic) bond motifs is 1. The molecular formula is C18H15N5O2. The fraction of sp³-hybridized carbons (Fsp3) is 0.222. The van der Waals surface area contributed by atoms with Crippen molar-refractivity contribution in [3.63, 3.8) is 0 Å². The monoisotopic (exact) mass is 333 g/mol. The van der Waals surface area contributed by atoms with E-state index in [2.05, 4.69) is 55.5 Å². The first-order valence-corrected chi connectivity index (χ1v) is 8.20. The Morgan fingerprint density at radius 3 is 2.84 bits per heavy atom. The highest BCUT2D eigenvalue weighted by atomic mass is 16.7. The molecule has 1 aliphatic heterocycles. The van der Waals surface area contributed by atoms with Crippen LogP contribution in [0.15, 0.2) is 47.8 Å². The second-order valence-electron chi connectivity index (χ2n) is 6.24. The fourth-order valence-corrected chi connectivity index (χ4v) is 3.11. The Morgan fingerprint density at radius 1 is 1.16 bits per heavy atom. The van der Waals surface area contributed by atoms with Crippen LogP contribution >= 0.6 is 0 Å². The average molecular weight is 333 g/mol. The molecule has 0 saturated heterocycles. The highest BCUT2D eigenvalue weighted by molar-refractivity contribution is 5.99. The van der Waals surface area contributed by atoms with Crippen molar-refractivity contribution in [2.75, 3.05) is 0 Å². The van der Waals surface area contributed by atoms with Crippen LogP contribution in [-0.4, -0.2) is 32.9 Å². The summed E-state index contributed by atoms with van der Waals surface area (Å²) >= 11 is 0. The molecule has 2 aliphatic rings. The van der Waals surface area contributed by atoms with Gasteiger partial charge in [0.2, 0.25) is 6.23 Å². The van der Waals surface area contributed by atoms with Crippen molar-refractivity contribution in [3.05, 3.63) is 48.5 Å². The standard InChI is InChI=1S/C18H15N5O2/c24-9-17-21-18(22-25-17)15-8-14(19-10-20-15)11-1-4-16-12(7-11)5-6-23(16)13-2-3-13/h1,4-10,13,17H,2-3H2,(H,21,22). The molecule has 1 unspecified atom stereocenters. The second kappa shape index (κ2) is 5.49. The maximum absolute atomic E-state index is 10.7. The zero-order valence-electron chi connectivity index (χ0n) is 13.3. The Labute approximate surface area is 143 Å². The molecule has 1 fully saturated rings. The molecule has 0 radical (unpaired) electrons. The van der Waals surface area contributed by atoms with Crippen molar-refractivity contribution in [2.24, 2.45) is 4.99 Å². The zero-order chi connectivity index (χ0) is 16.8. The lowest BCUT2D eigenvalue weighted by molar-refractivity contribution is -0.118. The number of hydrogen-bond donors (Lipinski definition) is 1. The van der Waals surface area contributed by atoms with Crippen molar-refractivity contribution >= 4 is 23.0 Å². The van der Waals surface area contributed by atoms with Crippen molar-refractivity contribution in [3.8, 4) is 11.3 Å². The van der Waals surface area contributed by atoms with Crippen LogP contribution in [0.25, 0.3) is 22.2 Å². The van der Waals surface area contributed by atoms with Gasteiger partial charge in [0.1, 0.15) is 12.0 Å². The van der Waals surface area contributed by atoms with Gasteiger partial charge in [0.25, 0.3) is 0 Å². The molecule has 25 heavy (non-hydrogen) atoms. The Balaban J connectivity index is 1.52. The van der Waals surface area contributed by atoms with Crippen molar-refractivity contribution < 1.29 is 9.63 Å². The molecule has 2 aromatic heterocycles. The van der Waals surface area contributed by atoms with Crippen LogP contribution in [0.1, 0.15) is 24.6 Å². The number of nitrogens with zero attached hydrogens (tertiary/aromatic N) is 4. The predicted molar refractivity (Wildman–Crippen MR) is 91.8 cm³/mol. The molecule has 1 aromatic carbocycles. The van der Waals surface area contributed by atoms with E-state index >= 15 is 0 Å². The molecule has 1 saturated carbocycles. The van der Waals surface area contributed by atoms with Gasteiger partial charge in [0, 0.05) is 28.7 Å². The maximum atomic E-state index is 10.7. The molecule has 0 bridgehead atoms. The number of carbonyl (C=O) groups excluding carboxylic acids is 1. The van der Waals surface area contributed by atoms with E-state index in [1.54, 1.807) is 0 Å². The third kappa shape index (κ3) is 2.49. The number of amidine groups is 1. The number of aliphatic imine (C=N–C) groups is 1. The Morgan fingerprint density at radius 2 is 2.04 bits per heavy atom. The molecule has 3 heterocycles. The molecule has 1 aliphatic carbocycles. The summed E-state index contributed by atoms with van der Waals surface area (Å²) in [5, 5.41) is 1.20. The minimum atomic E-state index is -0.827. The number of hydrogen-bond acceptors (Lipinski definition) is 6. The summed E-state index contributed by atoms with van der Waals surface area (Å²) in [5.41, 5.74) is 6.28. The summed E-state index contributed by atoms with van der Waals surface area (Å²) in [6.07, 6.45) is 5.97. The van der Waals surface area contributed by atoms with E-state index in [1.165, 1.54) is 30.1 Å². The quantitative estimate of drug-likeness (QED) is 0.741. The number of hydroxylamine groups is 1. The second-order valence-corrected chi connectivity index (χ2v) is 6.24. The molecular weight excluding hydrogens is 318 g/mol. The minimum absolute atomic E-state index is 0.432. The highest BCUT2D eigenvalue weighted by Crippen LogP contribution is 2.38. The first-order valence-electron chi connectivity index (χ1n) is 8.20. The topological polar surface area (TPSA) is 81.4 Å². The van der Waals surface area contributed by atoms with E-state index in [-0.39, 0.29) is 0 Å². The summed E-state index contributed by atoms with van der Waals surface area (Å²) in [6.45, 7) is 0. The van der Waals surface area contributed by atoms with Crippen LogP contribution in [-0.2, 0) is 9.63 Å². The SMILES string of the molecule is O=CC1N=C(c2cc(-c3ccc4c(ccn4C4CC4)c3)ncn2)NO1. The van der Waals surface area contributed by atoms with Crippen LogP contribution in [0.4, 0.5) is 0 Å². The van der Waals surface area contributed by atoms with Gasteiger partial charge in [-0.1, -0.05) is 6.07 Å². The molecule has 0 spiro atoms. The van der Waals surface area contributed by atoms with Gasteiger partial charge in [0.05, 0.1) is 5.69 Å². The van der Waals surface area contributed by atoms with E-state index in [9.17, 15) is 4.79 Å². The summed E-state index contributed by atoms with van der Waals surface area (Å²) < 4.78 is 2.35. The van der Waals surface area contributed by atoms with E-state index in [0.29, 0.717) is 23.9 Å². The van der Waals surface area contributed by atoms with Crippen LogP contribution in [0, 0.1) is 0 Å². The van der Waals surface area contributed by atoms with Gasteiger partial charge in [-0.25, -0.2) is 25.3 Å². The van der Waals surface area contributed by atoms with Crippen LogP contribution in [0.2, 0.25) is 0 Å². The van der Waals surface area contributed by atoms with Gasteiger partial charge in [-0.2, -0.15) is 0 Å². The van der Waals surface area contributed by atoms with E-state index in [1.807, 2.05) is 6.07 Å². The highest BCUT2D eigenvalue weighted by Gasteiger charge is 2.24. The minimum Gasteiger partial charge on any atom is -0.344 e. The predicted octanol–water partition coefficient (Wildman–Crippen LogP) is 2.24. The third-order valence-corrected chi connectivity index (χ3v) is 4.52. The van der Waals surface area contributed by atoms with Crippen molar-refractivity contribution in [1.82, 2.24) is 20.0 Å². The van der Waals surface area contributed by atoms with Gasteiger partial charge in [0.15, 0.2) is 12.1 Å². The number of nitrogens with one attached hydrogen (secondary N) is 1. The number of aromatic nitrogens is 3. The Hall–Kier alpha value is -3.06. The molecule has 0 amide bonds. The molecule has 7 heteroatoms. The third-order valence-electron chi connectivity index (χ3n) is 4.52. The summed E-state index contributed by atoms with van der Waals surface area (Å²) in [4.78, 5) is 28.5. The number of rotatable bonds is 4. The number of carbonyl (C=O) groups is 1. The smallest absolute Gasteiger partial charge is 0.232 e. The van der Waals surface area contributed by atoms with E-state index in [0.717, 1.165) is 11.3 Å². The van der Waals surface area contributed by atoms with E-state index in [4.69, 9.17) is 4.84 Å². The lowest BCUT2D eigenvalue weighted by Gasteiger charge is -2.06. The summed E-state index contributed by atoms with van der Waals surface area (Å²) in [5.74, 6) is 0.432.